The Bertz CT molecular complexity index is 468. The molecule has 1 aliphatic rings. The van der Waals surface area contributed by atoms with Crippen LogP contribution in [0.15, 0.2) is 23.9 Å². The van der Waals surface area contributed by atoms with E-state index in [-0.39, 0.29) is 5.75 Å². The van der Waals surface area contributed by atoms with Crippen LogP contribution in [0.1, 0.15) is 12.0 Å². The van der Waals surface area contributed by atoms with E-state index in [2.05, 4.69) is 11.1 Å². The molecule has 98 valence electrons. The Labute approximate surface area is 107 Å². The SMILES string of the molecule is COCC1=CN(c2cc(C)cc(O)c2OC)CC1. The Balaban J connectivity index is 2.34. The molecule has 0 spiro atoms. The predicted molar refractivity (Wildman–Crippen MR) is 71.3 cm³/mol. The van der Waals surface area contributed by atoms with Crippen LogP contribution in [0.4, 0.5) is 5.69 Å². The third-order valence-corrected chi connectivity index (χ3v) is 3.05. The molecule has 4 heteroatoms. The summed E-state index contributed by atoms with van der Waals surface area (Å²) >= 11 is 0. The highest BCUT2D eigenvalue weighted by Gasteiger charge is 2.19. The van der Waals surface area contributed by atoms with Gasteiger partial charge in [-0.3, -0.25) is 0 Å². The molecule has 0 saturated carbocycles. The van der Waals surface area contributed by atoms with E-state index in [4.69, 9.17) is 9.47 Å². The first-order valence-electron chi connectivity index (χ1n) is 5.98. The topological polar surface area (TPSA) is 41.9 Å². The Morgan fingerprint density at radius 3 is 2.78 bits per heavy atom. The first kappa shape index (κ1) is 12.8. The molecule has 1 heterocycles. The van der Waals surface area contributed by atoms with E-state index in [0.29, 0.717) is 12.4 Å². The summed E-state index contributed by atoms with van der Waals surface area (Å²) in [4.78, 5) is 2.10. The standard InChI is InChI=1S/C14H19NO3/c1-10-6-12(14(18-3)13(16)7-10)15-5-4-11(8-15)9-17-2/h6-8,16H,4-5,9H2,1-3H3. The zero-order valence-corrected chi connectivity index (χ0v) is 11.1. The fraction of sp³-hybridized carbons (Fsp3) is 0.429. The third-order valence-electron chi connectivity index (χ3n) is 3.05. The van der Waals surface area contributed by atoms with Crippen molar-refractivity contribution in [1.82, 2.24) is 0 Å². The van der Waals surface area contributed by atoms with Gasteiger partial charge in [0.05, 0.1) is 19.4 Å². The number of methoxy groups -OCH3 is 2. The van der Waals surface area contributed by atoms with Gasteiger partial charge in [0.2, 0.25) is 0 Å². The molecule has 1 N–H and O–H groups in total. The van der Waals surface area contributed by atoms with Crippen molar-refractivity contribution >= 4 is 5.69 Å². The van der Waals surface area contributed by atoms with Crippen LogP contribution in [0.5, 0.6) is 11.5 Å². The van der Waals surface area contributed by atoms with Gasteiger partial charge in [0.1, 0.15) is 0 Å². The van der Waals surface area contributed by atoms with Gasteiger partial charge < -0.3 is 19.5 Å². The van der Waals surface area contributed by atoms with E-state index in [0.717, 1.165) is 24.2 Å². The average molecular weight is 249 g/mol. The number of aromatic hydroxyl groups is 1. The van der Waals surface area contributed by atoms with Crippen LogP contribution in [0.2, 0.25) is 0 Å². The van der Waals surface area contributed by atoms with Gasteiger partial charge in [-0.05, 0) is 36.6 Å². The summed E-state index contributed by atoms with van der Waals surface area (Å²) in [6.45, 7) is 3.49. The first-order chi connectivity index (χ1) is 8.65. The van der Waals surface area contributed by atoms with Gasteiger partial charge in [-0.1, -0.05) is 0 Å². The first-order valence-corrected chi connectivity index (χ1v) is 5.98. The van der Waals surface area contributed by atoms with Crippen LogP contribution in [0.3, 0.4) is 0 Å². The quantitative estimate of drug-likeness (QED) is 0.890. The van der Waals surface area contributed by atoms with E-state index in [1.807, 2.05) is 13.0 Å². The molecule has 0 amide bonds. The number of benzene rings is 1. The molecule has 0 aromatic heterocycles. The van der Waals surface area contributed by atoms with Crippen molar-refractivity contribution in [2.45, 2.75) is 13.3 Å². The molecule has 0 radical (unpaired) electrons. The highest BCUT2D eigenvalue weighted by molar-refractivity contribution is 5.68. The van der Waals surface area contributed by atoms with Gasteiger partial charge in [-0.15, -0.1) is 0 Å². The number of phenolic OH excluding ortho intramolecular Hbond substituents is 1. The zero-order valence-electron chi connectivity index (χ0n) is 11.1. The fourth-order valence-electron chi connectivity index (χ4n) is 2.26. The number of ether oxygens (including phenoxy) is 2. The minimum Gasteiger partial charge on any atom is -0.504 e. The monoisotopic (exact) mass is 249 g/mol. The van der Waals surface area contributed by atoms with E-state index in [1.165, 1.54) is 5.57 Å². The Hall–Kier alpha value is -1.68. The Morgan fingerprint density at radius 2 is 2.11 bits per heavy atom. The minimum absolute atomic E-state index is 0.182. The van der Waals surface area contributed by atoms with E-state index >= 15 is 0 Å². The van der Waals surface area contributed by atoms with E-state index < -0.39 is 0 Å². The lowest BCUT2D eigenvalue weighted by Crippen LogP contribution is -2.13. The molecular formula is C14H19NO3. The van der Waals surface area contributed by atoms with Crippen LogP contribution in [-0.4, -0.2) is 32.5 Å². The van der Waals surface area contributed by atoms with Gasteiger partial charge >= 0.3 is 0 Å². The van der Waals surface area contributed by atoms with Gasteiger partial charge in [0.15, 0.2) is 11.5 Å². The summed E-state index contributed by atoms with van der Waals surface area (Å²) in [6, 6.07) is 3.73. The molecule has 0 fully saturated rings. The number of rotatable bonds is 4. The highest BCUT2D eigenvalue weighted by Crippen LogP contribution is 2.39. The number of hydrogen-bond donors (Lipinski definition) is 1. The summed E-state index contributed by atoms with van der Waals surface area (Å²) < 4.78 is 10.4. The van der Waals surface area contributed by atoms with Crippen molar-refractivity contribution in [3.8, 4) is 11.5 Å². The van der Waals surface area contributed by atoms with Gasteiger partial charge in [0.25, 0.3) is 0 Å². The van der Waals surface area contributed by atoms with Crippen molar-refractivity contribution in [1.29, 1.82) is 0 Å². The maximum absolute atomic E-state index is 9.90. The molecule has 0 bridgehead atoms. The number of phenols is 1. The van der Waals surface area contributed by atoms with Crippen LogP contribution in [0, 0.1) is 6.92 Å². The zero-order chi connectivity index (χ0) is 13.1. The normalized spacial score (nSPS) is 14.8. The van der Waals surface area contributed by atoms with Crippen molar-refractivity contribution in [2.75, 3.05) is 32.3 Å². The largest absolute Gasteiger partial charge is 0.504 e. The van der Waals surface area contributed by atoms with Crippen molar-refractivity contribution in [3.63, 3.8) is 0 Å². The molecule has 0 unspecified atom stereocenters. The Morgan fingerprint density at radius 1 is 1.33 bits per heavy atom. The second-order valence-electron chi connectivity index (χ2n) is 4.50. The molecule has 0 saturated heterocycles. The summed E-state index contributed by atoms with van der Waals surface area (Å²) in [5.41, 5.74) is 3.17. The second-order valence-corrected chi connectivity index (χ2v) is 4.50. The molecule has 18 heavy (non-hydrogen) atoms. The van der Waals surface area contributed by atoms with Gasteiger partial charge in [0, 0.05) is 19.9 Å². The molecule has 0 atom stereocenters. The van der Waals surface area contributed by atoms with Crippen LogP contribution < -0.4 is 9.64 Å². The predicted octanol–water partition coefficient (Wildman–Crippen LogP) is 2.45. The molecule has 0 aliphatic carbocycles. The van der Waals surface area contributed by atoms with E-state index in [9.17, 15) is 5.11 Å². The molecule has 1 aromatic carbocycles. The second kappa shape index (κ2) is 5.31. The number of anilines is 1. The fourth-order valence-corrected chi connectivity index (χ4v) is 2.26. The summed E-state index contributed by atoms with van der Waals surface area (Å²) in [5, 5.41) is 9.90. The number of nitrogens with zero attached hydrogens (tertiary/aromatic N) is 1. The maximum Gasteiger partial charge on any atom is 0.184 e. The lowest BCUT2D eigenvalue weighted by atomic mass is 10.1. The highest BCUT2D eigenvalue weighted by atomic mass is 16.5. The van der Waals surface area contributed by atoms with Gasteiger partial charge in [-0.2, -0.15) is 0 Å². The summed E-state index contributed by atoms with van der Waals surface area (Å²) in [7, 11) is 3.27. The van der Waals surface area contributed by atoms with Crippen LogP contribution in [0.25, 0.3) is 0 Å². The molecule has 1 aromatic rings. The number of hydrogen-bond acceptors (Lipinski definition) is 4. The number of aryl methyl sites for hydroxylation is 1. The summed E-state index contributed by atoms with van der Waals surface area (Å²) in [6.07, 6.45) is 3.05. The van der Waals surface area contributed by atoms with Crippen molar-refractivity contribution in [2.24, 2.45) is 0 Å². The average Bonchev–Trinajstić information content (AvgIpc) is 2.77. The lowest BCUT2D eigenvalue weighted by Gasteiger charge is -2.20. The van der Waals surface area contributed by atoms with Crippen molar-refractivity contribution < 1.29 is 14.6 Å². The van der Waals surface area contributed by atoms with E-state index in [1.54, 1.807) is 20.3 Å². The molecule has 2 rings (SSSR count). The minimum atomic E-state index is 0.182. The third kappa shape index (κ3) is 2.43. The van der Waals surface area contributed by atoms with Crippen LogP contribution >= 0.6 is 0 Å². The summed E-state index contributed by atoms with van der Waals surface area (Å²) in [5.74, 6) is 0.705. The molecular weight excluding hydrogens is 230 g/mol. The van der Waals surface area contributed by atoms with Gasteiger partial charge in [-0.25, -0.2) is 0 Å². The smallest absolute Gasteiger partial charge is 0.184 e. The molecule has 1 aliphatic heterocycles. The van der Waals surface area contributed by atoms with Crippen LogP contribution in [-0.2, 0) is 4.74 Å². The molecule has 4 nitrogen and oxygen atoms in total. The Kier molecular flexibility index (Phi) is 3.77. The van der Waals surface area contributed by atoms with Crippen molar-refractivity contribution in [3.05, 3.63) is 29.5 Å². The lowest BCUT2D eigenvalue weighted by molar-refractivity contribution is 0.224. The maximum atomic E-state index is 9.90.